The summed E-state index contributed by atoms with van der Waals surface area (Å²) in [5, 5.41) is 19.7. The molecule has 154 valence electrons. The summed E-state index contributed by atoms with van der Waals surface area (Å²) in [6, 6.07) is 15.2. The second kappa shape index (κ2) is 8.30. The van der Waals surface area contributed by atoms with E-state index in [1.54, 1.807) is 41.3 Å². The number of aliphatic hydroxyl groups excluding tert-OH is 1. The highest BCUT2D eigenvalue weighted by atomic mass is 35.5. The maximum Gasteiger partial charge on any atom is 0.326 e. The van der Waals surface area contributed by atoms with Crippen LogP contribution in [0.15, 0.2) is 60.7 Å². The summed E-state index contributed by atoms with van der Waals surface area (Å²) in [6.45, 7) is 0.175. The molecule has 30 heavy (non-hydrogen) atoms. The van der Waals surface area contributed by atoms with E-state index in [4.69, 9.17) is 16.3 Å². The first kappa shape index (κ1) is 20.1. The highest BCUT2D eigenvalue weighted by Crippen LogP contribution is 2.31. The summed E-state index contributed by atoms with van der Waals surface area (Å²) < 4.78 is 18.7. The third kappa shape index (κ3) is 4.37. The molecule has 6 nitrogen and oxygen atoms in total. The first-order chi connectivity index (χ1) is 14.4. The summed E-state index contributed by atoms with van der Waals surface area (Å²) in [5.41, 5.74) is 1.33. The average Bonchev–Trinajstić information content (AvgIpc) is 3.12. The molecule has 0 spiro atoms. The molecule has 2 atom stereocenters. The van der Waals surface area contributed by atoms with Crippen LogP contribution in [-0.2, 0) is 4.79 Å². The SMILES string of the molecule is O=C(O)C1CC(O)CN1c1cc(Cl)cc(-c2ccc(Oc3ccc(F)cc3)cc2)n1. The summed E-state index contributed by atoms with van der Waals surface area (Å²) >= 11 is 6.26. The van der Waals surface area contributed by atoms with Gasteiger partial charge >= 0.3 is 5.97 Å². The predicted octanol–water partition coefficient (Wildman–Crippen LogP) is 4.36. The Morgan fingerprint density at radius 3 is 2.37 bits per heavy atom. The van der Waals surface area contributed by atoms with Crippen molar-refractivity contribution in [1.29, 1.82) is 0 Å². The van der Waals surface area contributed by atoms with Crippen molar-refractivity contribution in [2.75, 3.05) is 11.4 Å². The lowest BCUT2D eigenvalue weighted by Gasteiger charge is -2.23. The number of nitrogens with zero attached hydrogens (tertiary/aromatic N) is 2. The van der Waals surface area contributed by atoms with Crippen LogP contribution in [0.4, 0.5) is 10.2 Å². The van der Waals surface area contributed by atoms with Crippen LogP contribution in [0.2, 0.25) is 5.02 Å². The molecule has 2 N–H and O–H groups in total. The third-order valence-corrected chi connectivity index (χ3v) is 5.05. The number of hydrogen-bond acceptors (Lipinski definition) is 5. The van der Waals surface area contributed by atoms with E-state index in [1.807, 2.05) is 0 Å². The van der Waals surface area contributed by atoms with Gasteiger partial charge in [-0.1, -0.05) is 11.6 Å². The second-order valence-electron chi connectivity index (χ2n) is 7.01. The lowest BCUT2D eigenvalue weighted by atomic mass is 10.1. The van der Waals surface area contributed by atoms with Crippen molar-refractivity contribution in [2.45, 2.75) is 18.6 Å². The van der Waals surface area contributed by atoms with Gasteiger partial charge in [0, 0.05) is 23.6 Å². The first-order valence-corrected chi connectivity index (χ1v) is 9.66. The Labute approximate surface area is 177 Å². The number of hydrogen-bond donors (Lipinski definition) is 2. The quantitative estimate of drug-likeness (QED) is 0.628. The highest BCUT2D eigenvalue weighted by molar-refractivity contribution is 6.31. The van der Waals surface area contributed by atoms with Crippen molar-refractivity contribution in [3.05, 3.63) is 71.5 Å². The molecule has 0 amide bonds. The van der Waals surface area contributed by atoms with Crippen LogP contribution in [0.3, 0.4) is 0 Å². The highest BCUT2D eigenvalue weighted by Gasteiger charge is 2.37. The van der Waals surface area contributed by atoms with Gasteiger partial charge in [0.15, 0.2) is 0 Å². The topological polar surface area (TPSA) is 82.9 Å². The molecule has 0 radical (unpaired) electrons. The maximum atomic E-state index is 13.0. The van der Waals surface area contributed by atoms with Crippen molar-refractivity contribution in [3.8, 4) is 22.8 Å². The number of halogens is 2. The molecule has 2 heterocycles. The number of β-amino-alcohol motifs (C(OH)–C–C–N with tert-alkyl or cyclic N) is 1. The second-order valence-corrected chi connectivity index (χ2v) is 7.44. The van der Waals surface area contributed by atoms with Crippen LogP contribution in [0.1, 0.15) is 6.42 Å². The number of benzene rings is 2. The van der Waals surface area contributed by atoms with Crippen molar-refractivity contribution in [1.82, 2.24) is 4.98 Å². The van der Waals surface area contributed by atoms with Crippen LogP contribution < -0.4 is 9.64 Å². The fraction of sp³-hybridized carbons (Fsp3) is 0.182. The molecule has 1 aliphatic heterocycles. The number of carboxylic acids is 1. The zero-order chi connectivity index (χ0) is 21.3. The molecule has 1 aliphatic rings. The number of carboxylic acid groups (broad SMARTS) is 1. The van der Waals surface area contributed by atoms with E-state index in [0.29, 0.717) is 28.0 Å². The molecule has 1 saturated heterocycles. The largest absolute Gasteiger partial charge is 0.480 e. The van der Waals surface area contributed by atoms with Crippen LogP contribution in [0.25, 0.3) is 11.3 Å². The maximum absolute atomic E-state index is 13.0. The molecular weight excluding hydrogens is 411 g/mol. The van der Waals surface area contributed by atoms with E-state index in [-0.39, 0.29) is 18.8 Å². The van der Waals surface area contributed by atoms with Gasteiger partial charge in [-0.05, 0) is 60.7 Å². The fourth-order valence-electron chi connectivity index (χ4n) is 3.41. The lowest BCUT2D eigenvalue weighted by molar-refractivity contribution is -0.138. The minimum Gasteiger partial charge on any atom is -0.480 e. The Kier molecular flexibility index (Phi) is 5.57. The van der Waals surface area contributed by atoms with Crippen molar-refractivity contribution in [2.24, 2.45) is 0 Å². The van der Waals surface area contributed by atoms with Gasteiger partial charge in [0.1, 0.15) is 29.2 Å². The van der Waals surface area contributed by atoms with Gasteiger partial charge in [0.05, 0.1) is 11.8 Å². The third-order valence-electron chi connectivity index (χ3n) is 4.83. The molecule has 1 aromatic heterocycles. The standard InChI is InChI=1S/C22H18ClFN2O4/c23-14-9-19(25-21(10-14)26-12-16(27)11-20(26)22(28)29)13-1-5-17(6-2-13)30-18-7-3-15(24)4-8-18/h1-10,16,20,27H,11-12H2,(H,28,29). The van der Waals surface area contributed by atoms with E-state index in [2.05, 4.69) is 4.98 Å². The van der Waals surface area contributed by atoms with Gasteiger partial charge in [-0.25, -0.2) is 14.2 Å². The Hall–Kier alpha value is -3.16. The van der Waals surface area contributed by atoms with Gasteiger partial charge in [-0.3, -0.25) is 0 Å². The average molecular weight is 429 g/mol. The molecule has 1 fully saturated rings. The smallest absolute Gasteiger partial charge is 0.326 e. The Morgan fingerprint density at radius 1 is 1.10 bits per heavy atom. The van der Waals surface area contributed by atoms with Gasteiger partial charge in [-0.2, -0.15) is 0 Å². The number of anilines is 1. The normalized spacial score (nSPS) is 18.4. The monoisotopic (exact) mass is 428 g/mol. The fourth-order valence-corrected chi connectivity index (χ4v) is 3.61. The number of ether oxygens (including phenoxy) is 1. The molecule has 2 unspecified atom stereocenters. The first-order valence-electron chi connectivity index (χ1n) is 9.28. The molecule has 8 heteroatoms. The van der Waals surface area contributed by atoms with Gasteiger partial charge < -0.3 is 19.8 Å². The number of carbonyl (C=O) groups is 1. The van der Waals surface area contributed by atoms with E-state index in [1.165, 1.54) is 24.3 Å². The molecule has 3 aromatic rings. The van der Waals surface area contributed by atoms with Gasteiger partial charge in [-0.15, -0.1) is 0 Å². The number of aliphatic carboxylic acids is 1. The summed E-state index contributed by atoms with van der Waals surface area (Å²) in [7, 11) is 0. The van der Waals surface area contributed by atoms with Crippen LogP contribution >= 0.6 is 11.6 Å². The Balaban J connectivity index is 1.58. The molecule has 4 rings (SSSR count). The predicted molar refractivity (Wildman–Crippen MR) is 111 cm³/mol. The van der Waals surface area contributed by atoms with Crippen molar-refractivity contribution >= 4 is 23.4 Å². The van der Waals surface area contributed by atoms with Crippen LogP contribution in [0, 0.1) is 5.82 Å². The van der Waals surface area contributed by atoms with Gasteiger partial charge in [0.2, 0.25) is 0 Å². The minimum absolute atomic E-state index is 0.133. The van der Waals surface area contributed by atoms with Gasteiger partial charge in [0.25, 0.3) is 0 Å². The van der Waals surface area contributed by atoms with E-state index in [0.717, 1.165) is 5.56 Å². The number of rotatable bonds is 5. The molecular formula is C22H18ClFN2O4. The Bertz CT molecular complexity index is 1060. The van der Waals surface area contributed by atoms with E-state index >= 15 is 0 Å². The zero-order valence-corrected chi connectivity index (χ0v) is 16.5. The zero-order valence-electron chi connectivity index (χ0n) is 15.7. The lowest BCUT2D eigenvalue weighted by Crippen LogP contribution is -2.36. The summed E-state index contributed by atoms with van der Waals surface area (Å²) in [6.07, 6.45) is -0.605. The van der Waals surface area contributed by atoms with Crippen molar-refractivity contribution < 1.29 is 24.1 Å². The summed E-state index contributed by atoms with van der Waals surface area (Å²) in [4.78, 5) is 17.6. The summed E-state index contributed by atoms with van der Waals surface area (Å²) in [5.74, 6) is 0.127. The van der Waals surface area contributed by atoms with Crippen LogP contribution in [0.5, 0.6) is 11.5 Å². The molecule has 0 aliphatic carbocycles. The minimum atomic E-state index is -1.02. The van der Waals surface area contributed by atoms with Crippen molar-refractivity contribution in [3.63, 3.8) is 0 Å². The number of aliphatic hydroxyl groups is 1. The van der Waals surface area contributed by atoms with E-state index in [9.17, 15) is 19.4 Å². The number of aromatic nitrogens is 1. The molecule has 0 bridgehead atoms. The molecule has 2 aromatic carbocycles. The Morgan fingerprint density at radius 2 is 1.73 bits per heavy atom. The molecule has 0 saturated carbocycles. The van der Waals surface area contributed by atoms with E-state index < -0.39 is 18.1 Å². The number of pyridine rings is 1. The van der Waals surface area contributed by atoms with Crippen LogP contribution in [-0.4, -0.2) is 39.9 Å².